The summed E-state index contributed by atoms with van der Waals surface area (Å²) in [5, 5.41) is 1.07. The van der Waals surface area contributed by atoms with Gasteiger partial charge in [0.1, 0.15) is 11.5 Å². The summed E-state index contributed by atoms with van der Waals surface area (Å²) in [5.74, 6) is 3.09. The van der Waals surface area contributed by atoms with E-state index in [2.05, 4.69) is 53.4 Å². The Hall–Kier alpha value is -3.24. The van der Waals surface area contributed by atoms with Gasteiger partial charge in [-0.05, 0) is 73.3 Å². The van der Waals surface area contributed by atoms with Crippen molar-refractivity contribution in [3.8, 4) is 22.8 Å². The van der Waals surface area contributed by atoms with Crippen LogP contribution >= 0.6 is 0 Å². The average Bonchev–Trinajstić information content (AvgIpc) is 3.29. The van der Waals surface area contributed by atoms with Crippen molar-refractivity contribution < 1.29 is 13.9 Å². The number of nitrogens with zero attached hydrogens (tertiary/aromatic N) is 1. The first kappa shape index (κ1) is 20.7. The van der Waals surface area contributed by atoms with Crippen molar-refractivity contribution in [1.29, 1.82) is 0 Å². The Morgan fingerprint density at radius 1 is 0.875 bits per heavy atom. The molecule has 1 fully saturated rings. The van der Waals surface area contributed by atoms with E-state index in [-0.39, 0.29) is 0 Å². The molecular formula is C28H29NO3. The third kappa shape index (κ3) is 4.23. The second-order valence-electron chi connectivity index (χ2n) is 8.52. The van der Waals surface area contributed by atoms with Crippen LogP contribution in [0.3, 0.4) is 0 Å². The van der Waals surface area contributed by atoms with Crippen LogP contribution in [0.1, 0.15) is 29.9 Å². The van der Waals surface area contributed by atoms with Gasteiger partial charge in [-0.15, -0.1) is 0 Å². The minimum atomic E-state index is 0.670. The van der Waals surface area contributed by atoms with Gasteiger partial charge in [0.2, 0.25) is 0 Å². The zero-order chi connectivity index (χ0) is 21.9. The van der Waals surface area contributed by atoms with Gasteiger partial charge in [0, 0.05) is 17.5 Å². The van der Waals surface area contributed by atoms with Gasteiger partial charge in [0.25, 0.3) is 0 Å². The molecule has 0 bridgehead atoms. The van der Waals surface area contributed by atoms with Gasteiger partial charge in [0.05, 0.1) is 14.2 Å². The number of benzene rings is 3. The zero-order valence-electron chi connectivity index (χ0n) is 18.7. The highest BCUT2D eigenvalue weighted by atomic mass is 16.5. The lowest BCUT2D eigenvalue weighted by atomic mass is 9.89. The highest BCUT2D eigenvalue weighted by Crippen LogP contribution is 2.36. The minimum Gasteiger partial charge on any atom is -0.497 e. The predicted molar refractivity (Wildman–Crippen MR) is 128 cm³/mol. The molecule has 1 aromatic heterocycles. The molecule has 4 nitrogen and oxygen atoms in total. The standard InChI is InChI=1S/C28H29NO3/c1-30-25-10-6-9-23(17-25)26-18-24-15-20(16-27(31-2)28(24)32-26)19-29-13-11-22(12-14-29)21-7-4-3-5-8-21/h3-10,15-18,22H,11-14,19H2,1-2H3. The quantitative estimate of drug-likeness (QED) is 0.352. The molecule has 0 amide bonds. The van der Waals surface area contributed by atoms with Crippen LogP contribution in [-0.4, -0.2) is 32.2 Å². The summed E-state index contributed by atoms with van der Waals surface area (Å²) in [5.41, 5.74) is 4.51. The fourth-order valence-corrected chi connectivity index (χ4v) is 4.75. The molecule has 32 heavy (non-hydrogen) atoms. The zero-order valence-corrected chi connectivity index (χ0v) is 18.7. The Bertz CT molecular complexity index is 1190. The van der Waals surface area contributed by atoms with Gasteiger partial charge in [-0.2, -0.15) is 0 Å². The van der Waals surface area contributed by atoms with Gasteiger partial charge in [0.15, 0.2) is 11.3 Å². The first-order valence-electron chi connectivity index (χ1n) is 11.3. The van der Waals surface area contributed by atoms with Gasteiger partial charge in [-0.1, -0.05) is 42.5 Å². The summed E-state index contributed by atoms with van der Waals surface area (Å²) in [4.78, 5) is 2.54. The van der Waals surface area contributed by atoms with E-state index in [0.717, 1.165) is 53.4 Å². The number of hydrogen-bond acceptors (Lipinski definition) is 4. The molecule has 0 aliphatic carbocycles. The molecule has 0 N–H and O–H groups in total. The van der Waals surface area contributed by atoms with Crippen LogP contribution in [-0.2, 0) is 6.54 Å². The summed E-state index contributed by atoms with van der Waals surface area (Å²) in [6, 6.07) is 25.3. The first-order valence-corrected chi connectivity index (χ1v) is 11.3. The third-order valence-corrected chi connectivity index (χ3v) is 6.48. The van der Waals surface area contributed by atoms with E-state index in [4.69, 9.17) is 13.9 Å². The van der Waals surface area contributed by atoms with Gasteiger partial charge in [-0.25, -0.2) is 0 Å². The molecule has 1 aliphatic heterocycles. The third-order valence-electron chi connectivity index (χ3n) is 6.48. The summed E-state index contributed by atoms with van der Waals surface area (Å²) >= 11 is 0. The van der Waals surface area contributed by atoms with Crippen molar-refractivity contribution in [2.75, 3.05) is 27.3 Å². The molecule has 1 saturated heterocycles. The lowest BCUT2D eigenvalue weighted by molar-refractivity contribution is 0.204. The van der Waals surface area contributed by atoms with Crippen molar-refractivity contribution in [3.63, 3.8) is 0 Å². The minimum absolute atomic E-state index is 0.670. The normalized spacial score (nSPS) is 15.2. The van der Waals surface area contributed by atoms with Crippen molar-refractivity contribution in [3.05, 3.63) is 83.9 Å². The van der Waals surface area contributed by atoms with E-state index in [1.807, 2.05) is 24.3 Å². The number of furan rings is 1. The Balaban J connectivity index is 1.34. The number of piperidine rings is 1. The molecular weight excluding hydrogens is 398 g/mol. The van der Waals surface area contributed by atoms with E-state index in [0.29, 0.717) is 5.92 Å². The number of ether oxygens (including phenoxy) is 2. The van der Waals surface area contributed by atoms with E-state index in [9.17, 15) is 0 Å². The monoisotopic (exact) mass is 427 g/mol. The van der Waals surface area contributed by atoms with Gasteiger partial charge < -0.3 is 13.9 Å². The molecule has 0 radical (unpaired) electrons. The fraction of sp³-hybridized carbons (Fsp3) is 0.286. The molecule has 0 spiro atoms. The predicted octanol–water partition coefficient (Wildman–Crippen LogP) is 6.50. The first-order chi connectivity index (χ1) is 15.7. The van der Waals surface area contributed by atoms with E-state index in [1.165, 1.54) is 24.0 Å². The SMILES string of the molecule is COc1cccc(-c2cc3cc(CN4CCC(c5ccccc5)CC4)cc(OC)c3o2)c1. The molecule has 4 heteroatoms. The molecule has 164 valence electrons. The van der Waals surface area contributed by atoms with Crippen LogP contribution in [0.2, 0.25) is 0 Å². The summed E-state index contributed by atoms with van der Waals surface area (Å²) in [7, 11) is 3.38. The van der Waals surface area contributed by atoms with Crippen LogP contribution in [0.4, 0.5) is 0 Å². The summed E-state index contributed by atoms with van der Waals surface area (Å²) < 4.78 is 17.2. The van der Waals surface area contributed by atoms with Crippen molar-refractivity contribution in [1.82, 2.24) is 4.90 Å². The average molecular weight is 428 g/mol. The number of likely N-dealkylation sites (tertiary alicyclic amines) is 1. The Morgan fingerprint density at radius 2 is 1.69 bits per heavy atom. The molecule has 3 aromatic carbocycles. The fourth-order valence-electron chi connectivity index (χ4n) is 4.75. The number of fused-ring (bicyclic) bond motifs is 1. The van der Waals surface area contributed by atoms with Crippen LogP contribution in [0.15, 0.2) is 77.2 Å². The summed E-state index contributed by atoms with van der Waals surface area (Å²) in [6.45, 7) is 3.15. The molecule has 0 atom stereocenters. The van der Waals surface area contributed by atoms with Gasteiger partial charge >= 0.3 is 0 Å². The van der Waals surface area contributed by atoms with Crippen LogP contribution in [0, 0.1) is 0 Å². The summed E-state index contributed by atoms with van der Waals surface area (Å²) in [6.07, 6.45) is 2.41. The number of rotatable bonds is 6. The molecule has 0 saturated carbocycles. The van der Waals surface area contributed by atoms with E-state index >= 15 is 0 Å². The smallest absolute Gasteiger partial charge is 0.176 e. The molecule has 5 rings (SSSR count). The van der Waals surface area contributed by atoms with E-state index in [1.54, 1.807) is 14.2 Å². The maximum absolute atomic E-state index is 6.19. The maximum Gasteiger partial charge on any atom is 0.176 e. The molecule has 1 aliphatic rings. The topological polar surface area (TPSA) is 34.8 Å². The Morgan fingerprint density at radius 3 is 2.44 bits per heavy atom. The van der Waals surface area contributed by atoms with Crippen LogP contribution in [0.25, 0.3) is 22.3 Å². The van der Waals surface area contributed by atoms with Crippen LogP contribution in [0.5, 0.6) is 11.5 Å². The van der Waals surface area contributed by atoms with Crippen molar-refractivity contribution in [2.24, 2.45) is 0 Å². The molecule has 4 aromatic rings. The lowest BCUT2D eigenvalue weighted by Gasteiger charge is -2.32. The highest BCUT2D eigenvalue weighted by Gasteiger charge is 2.21. The van der Waals surface area contributed by atoms with Crippen molar-refractivity contribution >= 4 is 11.0 Å². The Kier molecular flexibility index (Phi) is 5.87. The second kappa shape index (κ2) is 9.09. The highest BCUT2D eigenvalue weighted by molar-refractivity contribution is 5.88. The second-order valence-corrected chi connectivity index (χ2v) is 8.52. The lowest BCUT2D eigenvalue weighted by Crippen LogP contribution is -2.32. The Labute approximate surface area is 189 Å². The van der Waals surface area contributed by atoms with Crippen molar-refractivity contribution in [2.45, 2.75) is 25.3 Å². The maximum atomic E-state index is 6.19. The molecule has 0 unspecified atom stereocenters. The number of methoxy groups -OCH3 is 2. The van der Waals surface area contributed by atoms with E-state index < -0.39 is 0 Å². The molecule has 2 heterocycles. The van der Waals surface area contributed by atoms with Crippen LogP contribution < -0.4 is 9.47 Å². The van der Waals surface area contributed by atoms with Gasteiger partial charge in [-0.3, -0.25) is 4.90 Å². The largest absolute Gasteiger partial charge is 0.497 e. The number of hydrogen-bond donors (Lipinski definition) is 0.